The summed E-state index contributed by atoms with van der Waals surface area (Å²) in [5.74, 6) is 1.32. The second-order valence-corrected chi connectivity index (χ2v) is 6.39. The SMILES string of the molecule is COc1ccc(C(Br)c2ccc(C(C)C)cc2)c(Cl)c1. The van der Waals surface area contributed by atoms with Crippen LogP contribution in [0.5, 0.6) is 5.75 Å². The van der Waals surface area contributed by atoms with Crippen LogP contribution in [0.25, 0.3) is 0 Å². The van der Waals surface area contributed by atoms with Crippen LogP contribution in [0.1, 0.15) is 41.3 Å². The molecule has 106 valence electrons. The average molecular weight is 354 g/mol. The first-order chi connectivity index (χ1) is 9.52. The fraction of sp³-hybridized carbons (Fsp3) is 0.294. The summed E-state index contributed by atoms with van der Waals surface area (Å²) in [4.78, 5) is 0.0853. The van der Waals surface area contributed by atoms with Gasteiger partial charge in [0.25, 0.3) is 0 Å². The van der Waals surface area contributed by atoms with Crippen LogP contribution in [-0.4, -0.2) is 7.11 Å². The molecule has 1 nitrogen and oxygen atoms in total. The van der Waals surface area contributed by atoms with Gasteiger partial charge < -0.3 is 4.74 Å². The van der Waals surface area contributed by atoms with Crippen molar-refractivity contribution >= 4 is 27.5 Å². The van der Waals surface area contributed by atoms with Crippen molar-refractivity contribution in [2.45, 2.75) is 24.6 Å². The lowest BCUT2D eigenvalue weighted by atomic mass is 9.99. The summed E-state index contributed by atoms with van der Waals surface area (Å²) in [6, 6.07) is 14.4. The van der Waals surface area contributed by atoms with Crippen molar-refractivity contribution in [1.29, 1.82) is 0 Å². The van der Waals surface area contributed by atoms with Crippen molar-refractivity contribution < 1.29 is 4.74 Å². The lowest BCUT2D eigenvalue weighted by molar-refractivity contribution is 0.414. The largest absolute Gasteiger partial charge is 0.497 e. The maximum atomic E-state index is 6.32. The van der Waals surface area contributed by atoms with Crippen molar-refractivity contribution in [2.24, 2.45) is 0 Å². The molecule has 1 atom stereocenters. The molecule has 2 aromatic carbocycles. The number of rotatable bonds is 4. The topological polar surface area (TPSA) is 9.23 Å². The average Bonchev–Trinajstić information content (AvgIpc) is 2.46. The Morgan fingerprint density at radius 2 is 1.60 bits per heavy atom. The van der Waals surface area contributed by atoms with Crippen molar-refractivity contribution in [2.75, 3.05) is 7.11 Å². The van der Waals surface area contributed by atoms with E-state index in [4.69, 9.17) is 16.3 Å². The van der Waals surface area contributed by atoms with Gasteiger partial charge >= 0.3 is 0 Å². The summed E-state index contributed by atoms with van der Waals surface area (Å²) < 4.78 is 5.18. The Morgan fingerprint density at radius 3 is 2.10 bits per heavy atom. The molecule has 0 aliphatic carbocycles. The van der Waals surface area contributed by atoms with Crippen LogP contribution in [0.3, 0.4) is 0 Å². The van der Waals surface area contributed by atoms with Gasteiger partial charge in [0, 0.05) is 5.02 Å². The molecule has 2 aromatic rings. The van der Waals surface area contributed by atoms with Crippen molar-refractivity contribution in [3.63, 3.8) is 0 Å². The minimum absolute atomic E-state index is 0.0853. The minimum atomic E-state index is 0.0853. The number of ether oxygens (including phenoxy) is 1. The first kappa shape index (κ1) is 15.4. The van der Waals surface area contributed by atoms with Gasteiger partial charge in [-0.25, -0.2) is 0 Å². The Balaban J connectivity index is 2.28. The number of hydrogen-bond acceptors (Lipinski definition) is 1. The summed E-state index contributed by atoms with van der Waals surface area (Å²) in [6.07, 6.45) is 0. The lowest BCUT2D eigenvalue weighted by Crippen LogP contribution is -1.96. The van der Waals surface area contributed by atoms with E-state index in [1.165, 1.54) is 11.1 Å². The third-order valence-electron chi connectivity index (χ3n) is 3.38. The molecular weight excluding hydrogens is 336 g/mol. The van der Waals surface area contributed by atoms with E-state index in [9.17, 15) is 0 Å². The van der Waals surface area contributed by atoms with Gasteiger partial charge in [0.1, 0.15) is 5.75 Å². The molecule has 3 heteroatoms. The molecule has 0 spiro atoms. The number of benzene rings is 2. The Hall–Kier alpha value is -0.990. The van der Waals surface area contributed by atoms with E-state index in [2.05, 4.69) is 54.0 Å². The number of hydrogen-bond donors (Lipinski definition) is 0. The second-order valence-electron chi connectivity index (χ2n) is 5.07. The van der Waals surface area contributed by atoms with Crippen LogP contribution in [0.15, 0.2) is 42.5 Å². The van der Waals surface area contributed by atoms with Gasteiger partial charge in [-0.05, 0) is 34.7 Å². The molecule has 0 N–H and O–H groups in total. The zero-order chi connectivity index (χ0) is 14.7. The van der Waals surface area contributed by atoms with E-state index in [0.717, 1.165) is 11.3 Å². The molecule has 0 bridgehead atoms. The molecule has 0 aliphatic heterocycles. The predicted molar refractivity (Wildman–Crippen MR) is 89.3 cm³/mol. The molecule has 0 saturated heterocycles. The van der Waals surface area contributed by atoms with E-state index >= 15 is 0 Å². The second kappa shape index (κ2) is 6.64. The summed E-state index contributed by atoms with van der Waals surface area (Å²) in [7, 11) is 1.64. The van der Waals surface area contributed by atoms with Gasteiger partial charge in [0.2, 0.25) is 0 Å². The molecule has 20 heavy (non-hydrogen) atoms. The highest BCUT2D eigenvalue weighted by atomic mass is 79.9. The Bertz CT molecular complexity index is 578. The van der Waals surface area contributed by atoms with Crippen LogP contribution in [0.4, 0.5) is 0 Å². The summed E-state index contributed by atoms with van der Waals surface area (Å²) in [5, 5.41) is 0.708. The molecule has 0 saturated carbocycles. The van der Waals surface area contributed by atoms with Gasteiger partial charge in [0.05, 0.1) is 11.9 Å². The molecule has 1 unspecified atom stereocenters. The Kier molecular flexibility index (Phi) is 5.11. The quantitative estimate of drug-likeness (QED) is 0.616. The van der Waals surface area contributed by atoms with Crippen LogP contribution >= 0.6 is 27.5 Å². The summed E-state index contributed by atoms with van der Waals surface area (Å²) >= 11 is 10.1. The van der Waals surface area contributed by atoms with Crippen molar-refractivity contribution in [3.05, 3.63) is 64.2 Å². The molecule has 0 amide bonds. The Morgan fingerprint density at radius 1 is 1.00 bits per heavy atom. The van der Waals surface area contributed by atoms with Gasteiger partial charge in [0.15, 0.2) is 0 Å². The number of halogens is 2. The minimum Gasteiger partial charge on any atom is -0.497 e. The van der Waals surface area contributed by atoms with E-state index in [0.29, 0.717) is 10.9 Å². The summed E-state index contributed by atoms with van der Waals surface area (Å²) in [6.45, 7) is 4.39. The highest BCUT2D eigenvalue weighted by Crippen LogP contribution is 2.37. The molecule has 0 heterocycles. The molecule has 0 fully saturated rings. The van der Waals surface area contributed by atoms with Gasteiger partial charge in [-0.3, -0.25) is 0 Å². The van der Waals surface area contributed by atoms with Crippen LogP contribution < -0.4 is 4.74 Å². The van der Waals surface area contributed by atoms with Gasteiger partial charge in [-0.15, -0.1) is 0 Å². The molecule has 0 aromatic heterocycles. The predicted octanol–water partition coefficient (Wildman–Crippen LogP) is 5.96. The maximum absolute atomic E-state index is 6.32. The maximum Gasteiger partial charge on any atom is 0.120 e. The third kappa shape index (κ3) is 3.36. The highest BCUT2D eigenvalue weighted by molar-refractivity contribution is 9.09. The summed E-state index contributed by atoms with van der Waals surface area (Å²) in [5.41, 5.74) is 3.58. The van der Waals surface area contributed by atoms with E-state index < -0.39 is 0 Å². The number of alkyl halides is 1. The third-order valence-corrected chi connectivity index (χ3v) is 4.73. The Labute approximate surface area is 134 Å². The van der Waals surface area contributed by atoms with Crippen molar-refractivity contribution in [3.8, 4) is 5.75 Å². The smallest absolute Gasteiger partial charge is 0.120 e. The van der Waals surface area contributed by atoms with E-state index in [1.54, 1.807) is 7.11 Å². The van der Waals surface area contributed by atoms with Crippen molar-refractivity contribution in [1.82, 2.24) is 0 Å². The molecule has 2 rings (SSSR count). The monoisotopic (exact) mass is 352 g/mol. The van der Waals surface area contributed by atoms with Crippen LogP contribution in [0, 0.1) is 0 Å². The van der Waals surface area contributed by atoms with Gasteiger partial charge in [-0.2, -0.15) is 0 Å². The fourth-order valence-electron chi connectivity index (χ4n) is 2.07. The van der Waals surface area contributed by atoms with Crippen LogP contribution in [0.2, 0.25) is 5.02 Å². The van der Waals surface area contributed by atoms with Crippen LogP contribution in [-0.2, 0) is 0 Å². The fourth-order valence-corrected chi connectivity index (χ4v) is 3.19. The lowest BCUT2D eigenvalue weighted by Gasteiger charge is -2.14. The molecule has 0 radical (unpaired) electrons. The highest BCUT2D eigenvalue weighted by Gasteiger charge is 2.14. The zero-order valence-corrected chi connectivity index (χ0v) is 14.2. The van der Waals surface area contributed by atoms with Gasteiger partial charge in [-0.1, -0.05) is 71.7 Å². The molecule has 0 aliphatic rings. The van der Waals surface area contributed by atoms with E-state index in [-0.39, 0.29) is 4.83 Å². The standard InChI is InChI=1S/C17H18BrClO/c1-11(2)12-4-6-13(7-5-12)17(18)15-9-8-14(20-3)10-16(15)19/h4-11,17H,1-3H3. The molecular formula is C17H18BrClO. The van der Waals surface area contributed by atoms with E-state index in [1.807, 2.05) is 18.2 Å². The first-order valence-corrected chi connectivity index (χ1v) is 7.89. The number of methoxy groups -OCH3 is 1. The first-order valence-electron chi connectivity index (χ1n) is 6.60. The normalized spacial score (nSPS) is 12.5. The zero-order valence-electron chi connectivity index (χ0n) is 11.9.